The van der Waals surface area contributed by atoms with Gasteiger partial charge in [0.1, 0.15) is 23.4 Å². The Morgan fingerprint density at radius 2 is 0.846 bits per heavy atom. The van der Waals surface area contributed by atoms with Crippen molar-refractivity contribution in [3.05, 3.63) is 0 Å². The third kappa shape index (κ3) is 4.41. The highest BCUT2D eigenvalue weighted by Gasteiger charge is 2.51. The van der Waals surface area contributed by atoms with E-state index in [1.54, 1.807) is 0 Å². The summed E-state index contributed by atoms with van der Waals surface area (Å²) in [7, 11) is 0.558. The molecular formula is C14H22O10S2. The van der Waals surface area contributed by atoms with Crippen LogP contribution in [0.5, 0.6) is 0 Å². The summed E-state index contributed by atoms with van der Waals surface area (Å²) < 4.78 is 0. The fourth-order valence-corrected chi connectivity index (χ4v) is 5.29. The first-order valence-corrected chi connectivity index (χ1v) is 10.0. The van der Waals surface area contributed by atoms with Gasteiger partial charge in [-0.05, 0) is 21.6 Å². The van der Waals surface area contributed by atoms with E-state index in [2.05, 4.69) is 0 Å². The molecule has 0 radical (unpaired) electrons. The quantitative estimate of drug-likeness (QED) is 0.209. The van der Waals surface area contributed by atoms with Gasteiger partial charge < -0.3 is 40.9 Å². The Morgan fingerprint density at radius 1 is 0.615 bits per heavy atom. The topological polar surface area (TPSA) is 196 Å². The molecule has 0 aromatic carbocycles. The van der Waals surface area contributed by atoms with Gasteiger partial charge in [-0.25, -0.2) is 0 Å². The standard InChI is InChI=1S/C14H22O10S2/c15-5-1-13(23,2-6(16)9(5)19)11(21)25-26-12(22)14(24)3-7(17)10(20)8(18)4-14/h5-10,15-20,23-24H,1-4H2/t5-,6-,7-,8-,9?,10?,13?,14?/m1/s1. The van der Waals surface area contributed by atoms with Crippen molar-refractivity contribution in [1.82, 2.24) is 0 Å². The maximum absolute atomic E-state index is 12.2. The molecule has 0 spiro atoms. The van der Waals surface area contributed by atoms with E-state index in [0.717, 1.165) is 0 Å². The number of rotatable bonds is 2. The molecule has 10 nitrogen and oxygen atoms in total. The number of aliphatic hydroxyl groups excluding tert-OH is 6. The molecule has 0 aromatic heterocycles. The summed E-state index contributed by atoms with van der Waals surface area (Å²) in [4.78, 5) is 24.4. The monoisotopic (exact) mass is 414 g/mol. The summed E-state index contributed by atoms with van der Waals surface area (Å²) in [5.41, 5.74) is -4.33. The van der Waals surface area contributed by atoms with Crippen molar-refractivity contribution < 1.29 is 50.4 Å². The van der Waals surface area contributed by atoms with Gasteiger partial charge in [0.05, 0.1) is 24.4 Å². The molecule has 0 heterocycles. The molecule has 8 N–H and O–H groups in total. The van der Waals surface area contributed by atoms with Crippen molar-refractivity contribution >= 4 is 31.8 Å². The van der Waals surface area contributed by atoms with Crippen molar-refractivity contribution in [3.8, 4) is 0 Å². The van der Waals surface area contributed by atoms with Crippen molar-refractivity contribution in [1.29, 1.82) is 0 Å². The van der Waals surface area contributed by atoms with E-state index in [-0.39, 0.29) is 21.6 Å². The zero-order valence-corrected chi connectivity index (χ0v) is 15.1. The average molecular weight is 414 g/mol. The van der Waals surface area contributed by atoms with Crippen LogP contribution in [0, 0.1) is 0 Å². The van der Waals surface area contributed by atoms with Crippen LogP contribution in [0.1, 0.15) is 25.7 Å². The van der Waals surface area contributed by atoms with Crippen LogP contribution in [0.15, 0.2) is 0 Å². The Hall–Kier alpha value is -0.280. The van der Waals surface area contributed by atoms with Crippen LogP contribution in [0.4, 0.5) is 0 Å². The lowest BCUT2D eigenvalue weighted by Crippen LogP contribution is -2.56. The van der Waals surface area contributed by atoms with Crippen molar-refractivity contribution in [2.75, 3.05) is 0 Å². The highest BCUT2D eigenvalue weighted by molar-refractivity contribution is 8.87. The minimum Gasteiger partial charge on any atom is -0.390 e. The van der Waals surface area contributed by atoms with Crippen molar-refractivity contribution in [2.24, 2.45) is 0 Å². The molecule has 0 bridgehead atoms. The first kappa shape index (κ1) is 22.0. The summed E-state index contributed by atoms with van der Waals surface area (Å²) in [6.45, 7) is 0. The van der Waals surface area contributed by atoms with Crippen molar-refractivity contribution in [2.45, 2.75) is 73.5 Å². The maximum atomic E-state index is 12.2. The highest BCUT2D eigenvalue weighted by atomic mass is 33.1. The van der Waals surface area contributed by atoms with Gasteiger partial charge >= 0.3 is 0 Å². The van der Waals surface area contributed by atoms with E-state index in [1.807, 2.05) is 0 Å². The lowest BCUT2D eigenvalue weighted by atomic mass is 9.80. The molecule has 0 amide bonds. The van der Waals surface area contributed by atoms with Crippen LogP contribution in [0.3, 0.4) is 0 Å². The summed E-state index contributed by atoms with van der Waals surface area (Å²) in [5, 5.41) is 76.1. The van der Waals surface area contributed by atoms with E-state index in [0.29, 0.717) is 0 Å². The molecule has 12 heteroatoms. The molecule has 0 aromatic rings. The van der Waals surface area contributed by atoms with Crippen LogP contribution >= 0.6 is 21.6 Å². The smallest absolute Gasteiger partial charge is 0.231 e. The molecule has 0 saturated heterocycles. The second-order valence-corrected chi connectivity index (χ2v) is 8.95. The highest BCUT2D eigenvalue weighted by Crippen LogP contribution is 2.41. The van der Waals surface area contributed by atoms with Gasteiger partial charge in [-0.3, -0.25) is 9.59 Å². The van der Waals surface area contributed by atoms with E-state index < -0.39 is 83.7 Å². The first-order valence-electron chi connectivity index (χ1n) is 7.86. The molecule has 150 valence electrons. The predicted octanol–water partition coefficient (Wildman–Crippen LogP) is -3.36. The normalized spacial score (nSPS) is 46.8. The van der Waals surface area contributed by atoms with Crippen LogP contribution in [-0.4, -0.2) is 98.9 Å². The minimum atomic E-state index is -2.17. The Bertz CT molecular complexity index is 486. The van der Waals surface area contributed by atoms with Gasteiger partial charge in [0.15, 0.2) is 0 Å². The fraction of sp³-hybridized carbons (Fsp3) is 0.857. The Morgan fingerprint density at radius 3 is 1.08 bits per heavy atom. The zero-order valence-electron chi connectivity index (χ0n) is 13.5. The van der Waals surface area contributed by atoms with Gasteiger partial charge in [-0.1, -0.05) is 0 Å². The number of hydrogen-bond acceptors (Lipinski definition) is 12. The Labute approximate surface area is 156 Å². The molecule has 2 rings (SSSR count). The molecule has 4 atom stereocenters. The molecule has 2 saturated carbocycles. The van der Waals surface area contributed by atoms with Crippen LogP contribution in [-0.2, 0) is 9.59 Å². The lowest BCUT2D eigenvalue weighted by Gasteiger charge is -2.39. The minimum absolute atomic E-state index is 0.279. The maximum Gasteiger partial charge on any atom is 0.231 e. The molecule has 0 unspecified atom stereocenters. The van der Waals surface area contributed by atoms with Gasteiger partial charge in [0, 0.05) is 25.7 Å². The van der Waals surface area contributed by atoms with Gasteiger partial charge in [0.25, 0.3) is 0 Å². The molecule has 2 aliphatic carbocycles. The molecule has 26 heavy (non-hydrogen) atoms. The number of aliphatic hydroxyl groups is 8. The van der Waals surface area contributed by atoms with E-state index >= 15 is 0 Å². The van der Waals surface area contributed by atoms with Crippen LogP contribution < -0.4 is 0 Å². The van der Waals surface area contributed by atoms with Gasteiger partial charge in [-0.15, -0.1) is 0 Å². The molecule has 2 fully saturated rings. The summed E-state index contributed by atoms with van der Waals surface area (Å²) >= 11 is 0. The number of hydrogen-bond donors (Lipinski definition) is 8. The average Bonchev–Trinajstić information content (AvgIpc) is 2.54. The second-order valence-electron chi connectivity index (χ2n) is 6.87. The summed E-state index contributed by atoms with van der Waals surface area (Å²) in [6, 6.07) is 0. The van der Waals surface area contributed by atoms with E-state index in [1.165, 1.54) is 0 Å². The van der Waals surface area contributed by atoms with Gasteiger partial charge in [-0.2, -0.15) is 0 Å². The Balaban J connectivity index is 1.97. The third-order valence-electron chi connectivity index (χ3n) is 4.72. The summed E-state index contributed by atoms with van der Waals surface area (Å²) in [6.07, 6.45) is -11.2. The lowest BCUT2D eigenvalue weighted by molar-refractivity contribution is -0.164. The van der Waals surface area contributed by atoms with E-state index in [4.69, 9.17) is 0 Å². The van der Waals surface area contributed by atoms with Crippen LogP contribution in [0.2, 0.25) is 0 Å². The first-order chi connectivity index (χ1) is 11.9. The number of carbonyl (C=O) groups is 2. The molecular weight excluding hydrogens is 392 g/mol. The van der Waals surface area contributed by atoms with Crippen molar-refractivity contribution in [3.63, 3.8) is 0 Å². The molecule has 0 aliphatic heterocycles. The Kier molecular flexibility index (Phi) is 6.77. The number of carbonyl (C=O) groups excluding carboxylic acids is 2. The summed E-state index contributed by atoms with van der Waals surface area (Å²) in [5.74, 6) is 0. The van der Waals surface area contributed by atoms with E-state index in [9.17, 15) is 50.4 Å². The molecule has 2 aliphatic rings. The third-order valence-corrected chi connectivity index (χ3v) is 7.02. The largest absolute Gasteiger partial charge is 0.390 e. The SMILES string of the molecule is O=C(SSC(=O)C1(O)C[C@@H](O)C(O)[C@H](O)C1)C1(O)C[C@@H](O)C(O)[C@H](O)C1. The van der Waals surface area contributed by atoms with Crippen LogP contribution in [0.25, 0.3) is 0 Å². The predicted molar refractivity (Wildman–Crippen MR) is 89.6 cm³/mol. The fourth-order valence-electron chi connectivity index (χ4n) is 3.11. The second kappa shape index (κ2) is 7.99. The zero-order chi connectivity index (χ0) is 19.9. The van der Waals surface area contributed by atoms with Gasteiger partial charge in [0.2, 0.25) is 10.2 Å².